The molecule has 2 atom stereocenters. The van der Waals surface area contributed by atoms with Crippen LogP contribution in [0.4, 0.5) is 0 Å². The zero-order valence-corrected chi connectivity index (χ0v) is 13.3. The molecular weight excluding hydrogens is 300 g/mol. The molecule has 0 aromatic carbocycles. The molecule has 1 N–H and O–H groups in total. The second-order valence-electron chi connectivity index (χ2n) is 5.40. The summed E-state index contributed by atoms with van der Waals surface area (Å²) in [4.78, 5) is 10.9. The first kappa shape index (κ1) is 16.1. The molecule has 2 heterocycles. The van der Waals surface area contributed by atoms with Gasteiger partial charge in [0.2, 0.25) is 0 Å². The van der Waals surface area contributed by atoms with Gasteiger partial charge in [-0.3, -0.25) is 4.79 Å². The first-order valence-electron chi connectivity index (χ1n) is 7.01. The standard InChI is InChI=1S/C12H22N2O4S2/c1-10-4-2-3-5-13(10)20(17,18)14-6-7-19-9-11(14)8-12(15)16/h10-11H,2-9H2,1H3,(H,15,16). The van der Waals surface area contributed by atoms with Crippen molar-refractivity contribution in [3.05, 3.63) is 0 Å². The molecule has 8 heteroatoms. The minimum absolute atomic E-state index is 0.00816. The highest BCUT2D eigenvalue weighted by atomic mass is 32.2. The van der Waals surface area contributed by atoms with E-state index in [-0.39, 0.29) is 12.5 Å². The van der Waals surface area contributed by atoms with E-state index in [4.69, 9.17) is 5.11 Å². The average Bonchev–Trinajstić information content (AvgIpc) is 2.38. The smallest absolute Gasteiger partial charge is 0.305 e. The van der Waals surface area contributed by atoms with Crippen molar-refractivity contribution in [2.75, 3.05) is 24.6 Å². The maximum absolute atomic E-state index is 12.8. The van der Waals surface area contributed by atoms with E-state index in [0.717, 1.165) is 25.0 Å². The van der Waals surface area contributed by atoms with Gasteiger partial charge < -0.3 is 5.11 Å². The molecule has 0 radical (unpaired) electrons. The van der Waals surface area contributed by atoms with Gasteiger partial charge in [0.15, 0.2) is 0 Å². The first-order valence-corrected chi connectivity index (χ1v) is 9.56. The van der Waals surface area contributed by atoms with Crippen molar-refractivity contribution in [3.8, 4) is 0 Å². The maximum Gasteiger partial charge on any atom is 0.305 e. The summed E-state index contributed by atoms with van der Waals surface area (Å²) >= 11 is 1.62. The van der Waals surface area contributed by atoms with Crippen molar-refractivity contribution in [3.63, 3.8) is 0 Å². The molecule has 2 aliphatic rings. The lowest BCUT2D eigenvalue weighted by atomic mass is 10.1. The number of carbonyl (C=O) groups is 1. The molecule has 2 saturated heterocycles. The monoisotopic (exact) mass is 322 g/mol. The van der Waals surface area contributed by atoms with E-state index in [9.17, 15) is 13.2 Å². The van der Waals surface area contributed by atoms with Gasteiger partial charge in [0.25, 0.3) is 10.2 Å². The van der Waals surface area contributed by atoms with E-state index in [1.165, 1.54) is 4.31 Å². The molecule has 2 rings (SSSR count). The van der Waals surface area contributed by atoms with Crippen LogP contribution in [0.2, 0.25) is 0 Å². The topological polar surface area (TPSA) is 77.9 Å². The number of hydrogen-bond acceptors (Lipinski definition) is 4. The third-order valence-electron chi connectivity index (χ3n) is 3.92. The molecule has 0 spiro atoms. The van der Waals surface area contributed by atoms with Crippen molar-refractivity contribution in [1.82, 2.24) is 8.61 Å². The van der Waals surface area contributed by atoms with Gasteiger partial charge in [-0.25, -0.2) is 0 Å². The fraction of sp³-hybridized carbons (Fsp3) is 0.917. The summed E-state index contributed by atoms with van der Waals surface area (Å²) in [5.41, 5.74) is 0. The number of rotatable bonds is 4. The quantitative estimate of drug-likeness (QED) is 0.835. The number of thioether (sulfide) groups is 1. The molecule has 2 fully saturated rings. The van der Waals surface area contributed by atoms with Gasteiger partial charge in [-0.2, -0.15) is 28.8 Å². The van der Waals surface area contributed by atoms with E-state index in [2.05, 4.69) is 0 Å². The molecule has 0 bridgehead atoms. The Hall–Kier alpha value is -0.310. The van der Waals surface area contributed by atoms with Crippen molar-refractivity contribution in [1.29, 1.82) is 0 Å². The molecule has 2 unspecified atom stereocenters. The van der Waals surface area contributed by atoms with Crippen LogP contribution in [0.15, 0.2) is 0 Å². The van der Waals surface area contributed by atoms with Crippen LogP contribution in [-0.4, -0.2) is 64.8 Å². The SMILES string of the molecule is CC1CCCCN1S(=O)(=O)N1CCSCC1CC(=O)O. The highest BCUT2D eigenvalue weighted by Crippen LogP contribution is 2.28. The Labute approximate surface area is 124 Å². The van der Waals surface area contributed by atoms with Crippen LogP contribution < -0.4 is 0 Å². The van der Waals surface area contributed by atoms with Crippen LogP contribution in [-0.2, 0) is 15.0 Å². The number of piperidine rings is 1. The lowest BCUT2D eigenvalue weighted by molar-refractivity contribution is -0.137. The molecular formula is C12H22N2O4S2. The molecule has 116 valence electrons. The van der Waals surface area contributed by atoms with Crippen LogP contribution in [0, 0.1) is 0 Å². The predicted octanol–water partition coefficient (Wildman–Crippen LogP) is 0.998. The van der Waals surface area contributed by atoms with Crippen LogP contribution in [0.5, 0.6) is 0 Å². The summed E-state index contributed by atoms with van der Waals surface area (Å²) < 4.78 is 28.6. The second kappa shape index (κ2) is 6.64. The number of nitrogens with zero attached hydrogens (tertiary/aromatic N) is 2. The zero-order valence-electron chi connectivity index (χ0n) is 11.7. The van der Waals surface area contributed by atoms with Gasteiger partial charge in [0.05, 0.1) is 6.42 Å². The molecule has 0 aromatic heterocycles. The number of carboxylic acid groups (broad SMARTS) is 1. The van der Waals surface area contributed by atoms with E-state index < -0.39 is 22.2 Å². The lowest BCUT2D eigenvalue weighted by Crippen LogP contribution is -2.55. The zero-order chi connectivity index (χ0) is 14.8. The molecule has 6 nitrogen and oxygen atoms in total. The summed E-state index contributed by atoms with van der Waals surface area (Å²) in [6, 6.07) is -0.417. The van der Waals surface area contributed by atoms with E-state index >= 15 is 0 Å². The second-order valence-corrected chi connectivity index (χ2v) is 8.38. The Morgan fingerprint density at radius 1 is 1.30 bits per heavy atom. The number of aliphatic carboxylic acids is 1. The van der Waals surface area contributed by atoms with Crippen LogP contribution in [0.25, 0.3) is 0 Å². The third-order valence-corrected chi connectivity index (χ3v) is 7.22. The predicted molar refractivity (Wildman–Crippen MR) is 79.0 cm³/mol. The lowest BCUT2D eigenvalue weighted by Gasteiger charge is -2.40. The van der Waals surface area contributed by atoms with Crippen molar-refractivity contribution >= 4 is 27.9 Å². The van der Waals surface area contributed by atoms with Gasteiger partial charge in [-0.05, 0) is 19.8 Å². The van der Waals surface area contributed by atoms with E-state index in [1.807, 2.05) is 6.92 Å². The molecule has 2 aliphatic heterocycles. The van der Waals surface area contributed by atoms with Crippen LogP contribution >= 0.6 is 11.8 Å². The Bertz CT molecular complexity index is 454. The van der Waals surface area contributed by atoms with Gasteiger partial charge in [0, 0.05) is 36.7 Å². The van der Waals surface area contributed by atoms with Gasteiger partial charge >= 0.3 is 5.97 Å². The number of carboxylic acids is 1. The molecule has 0 saturated carbocycles. The summed E-state index contributed by atoms with van der Waals surface area (Å²) in [6.07, 6.45) is 2.71. The van der Waals surface area contributed by atoms with Crippen LogP contribution in [0.3, 0.4) is 0 Å². The van der Waals surface area contributed by atoms with Gasteiger partial charge in [-0.15, -0.1) is 0 Å². The maximum atomic E-state index is 12.8. The summed E-state index contributed by atoms with van der Waals surface area (Å²) in [5, 5.41) is 8.97. The van der Waals surface area contributed by atoms with Crippen molar-refractivity contribution < 1.29 is 18.3 Å². The Kier molecular flexibility index (Phi) is 5.33. The van der Waals surface area contributed by atoms with E-state index in [0.29, 0.717) is 18.8 Å². The summed E-state index contributed by atoms with van der Waals surface area (Å²) in [5.74, 6) is 0.357. The van der Waals surface area contributed by atoms with Crippen LogP contribution in [0.1, 0.15) is 32.6 Å². The molecule has 0 aliphatic carbocycles. The average molecular weight is 322 g/mol. The summed E-state index contributed by atoms with van der Waals surface area (Å²) in [6.45, 7) is 2.89. The largest absolute Gasteiger partial charge is 0.481 e. The molecule has 20 heavy (non-hydrogen) atoms. The fourth-order valence-corrected chi connectivity index (χ4v) is 6.16. The highest BCUT2D eigenvalue weighted by Gasteiger charge is 2.40. The van der Waals surface area contributed by atoms with Gasteiger partial charge in [-0.1, -0.05) is 6.42 Å². The minimum atomic E-state index is -3.54. The first-order chi connectivity index (χ1) is 9.43. The molecule has 0 aromatic rings. The summed E-state index contributed by atoms with van der Waals surface area (Å²) in [7, 11) is -3.54. The van der Waals surface area contributed by atoms with Crippen molar-refractivity contribution in [2.45, 2.75) is 44.7 Å². The third kappa shape index (κ3) is 3.47. The Morgan fingerprint density at radius 2 is 2.05 bits per heavy atom. The van der Waals surface area contributed by atoms with Crippen molar-refractivity contribution in [2.24, 2.45) is 0 Å². The Morgan fingerprint density at radius 3 is 2.70 bits per heavy atom. The Balaban J connectivity index is 2.18. The highest BCUT2D eigenvalue weighted by molar-refractivity contribution is 7.99. The normalized spacial score (nSPS) is 30.2. The fourth-order valence-electron chi connectivity index (χ4n) is 2.85. The minimum Gasteiger partial charge on any atom is -0.481 e. The number of hydrogen-bond donors (Lipinski definition) is 1. The van der Waals surface area contributed by atoms with Gasteiger partial charge in [0.1, 0.15) is 0 Å². The molecule has 0 amide bonds. The van der Waals surface area contributed by atoms with E-state index in [1.54, 1.807) is 16.1 Å².